The van der Waals surface area contributed by atoms with Crippen LogP contribution in [0.4, 0.5) is 0 Å². The van der Waals surface area contributed by atoms with Crippen LogP contribution in [0.15, 0.2) is 12.1 Å². The van der Waals surface area contributed by atoms with Gasteiger partial charge in [-0.05, 0) is 44.0 Å². The first kappa shape index (κ1) is 11.8. The molecule has 0 saturated heterocycles. The van der Waals surface area contributed by atoms with Crippen LogP contribution in [0.3, 0.4) is 0 Å². The molecule has 16 heavy (non-hydrogen) atoms. The van der Waals surface area contributed by atoms with E-state index in [4.69, 9.17) is 28.9 Å². The summed E-state index contributed by atoms with van der Waals surface area (Å²) in [4.78, 5) is 3.30. The second-order valence-electron chi connectivity index (χ2n) is 3.93. The van der Waals surface area contributed by atoms with Gasteiger partial charge in [-0.2, -0.15) is 0 Å². The van der Waals surface area contributed by atoms with E-state index in [0.717, 1.165) is 29.4 Å². The molecule has 1 aromatic carbocycles. The van der Waals surface area contributed by atoms with Crippen LogP contribution in [-0.4, -0.2) is 11.5 Å². The van der Waals surface area contributed by atoms with Gasteiger partial charge in [0, 0.05) is 16.1 Å². The lowest BCUT2D eigenvalue weighted by molar-refractivity contribution is 0.831. The molecule has 3 N–H and O–H groups in total. The van der Waals surface area contributed by atoms with E-state index in [1.165, 1.54) is 5.56 Å². The van der Waals surface area contributed by atoms with Crippen LogP contribution in [0.2, 0.25) is 10.0 Å². The summed E-state index contributed by atoms with van der Waals surface area (Å²) in [5.41, 5.74) is 8.92. The summed E-state index contributed by atoms with van der Waals surface area (Å²) < 4.78 is 0. The zero-order chi connectivity index (χ0) is 11.7. The van der Waals surface area contributed by atoms with Gasteiger partial charge in [0.25, 0.3) is 0 Å². The third-order valence-electron chi connectivity index (χ3n) is 2.78. The van der Waals surface area contributed by atoms with E-state index in [2.05, 4.69) is 11.9 Å². The van der Waals surface area contributed by atoms with Crippen LogP contribution in [0, 0.1) is 6.92 Å². The van der Waals surface area contributed by atoms with Crippen LogP contribution in [0.1, 0.15) is 17.7 Å². The minimum Gasteiger partial charge on any atom is -0.357 e. The van der Waals surface area contributed by atoms with Gasteiger partial charge in [0.05, 0.1) is 10.5 Å². The fourth-order valence-electron chi connectivity index (χ4n) is 2.00. The minimum atomic E-state index is 0.671. The number of aryl methyl sites for hydroxylation is 2. The molecule has 0 aliphatic rings. The van der Waals surface area contributed by atoms with Crippen molar-refractivity contribution < 1.29 is 0 Å². The number of nitrogens with two attached hydrogens (primary N) is 1. The molecule has 0 amide bonds. The zero-order valence-electron chi connectivity index (χ0n) is 9.11. The third-order valence-corrected chi connectivity index (χ3v) is 3.29. The quantitative estimate of drug-likeness (QED) is 0.865. The lowest BCUT2D eigenvalue weighted by atomic mass is 10.1. The third kappa shape index (κ3) is 2.05. The highest BCUT2D eigenvalue weighted by atomic mass is 35.5. The minimum absolute atomic E-state index is 0.671. The average Bonchev–Trinajstić information content (AvgIpc) is 2.53. The highest BCUT2D eigenvalue weighted by Crippen LogP contribution is 2.31. The number of hydrogen-bond donors (Lipinski definition) is 2. The Morgan fingerprint density at radius 2 is 2.06 bits per heavy atom. The van der Waals surface area contributed by atoms with E-state index in [0.29, 0.717) is 16.6 Å². The summed E-state index contributed by atoms with van der Waals surface area (Å²) in [5, 5.41) is 2.46. The molecule has 0 spiro atoms. The van der Waals surface area contributed by atoms with E-state index in [1.54, 1.807) is 6.07 Å². The maximum Gasteiger partial charge on any atom is 0.0662 e. The summed E-state index contributed by atoms with van der Waals surface area (Å²) in [6.45, 7) is 2.75. The van der Waals surface area contributed by atoms with Gasteiger partial charge in [0.1, 0.15) is 0 Å². The second kappa shape index (κ2) is 4.66. The van der Waals surface area contributed by atoms with Crippen molar-refractivity contribution in [2.24, 2.45) is 5.73 Å². The summed E-state index contributed by atoms with van der Waals surface area (Å²) in [5.74, 6) is 0. The number of H-pyrrole nitrogens is 1. The first-order valence-electron chi connectivity index (χ1n) is 5.29. The zero-order valence-corrected chi connectivity index (χ0v) is 10.6. The molecule has 86 valence electrons. The SMILES string of the molecule is Cc1[nH]c2c(Cl)cc(Cl)cc2c1CCCN. The highest BCUT2D eigenvalue weighted by Gasteiger charge is 2.11. The number of benzene rings is 1. The van der Waals surface area contributed by atoms with Crippen molar-refractivity contribution in [1.29, 1.82) is 0 Å². The number of aromatic nitrogens is 1. The fourth-order valence-corrected chi connectivity index (χ4v) is 2.55. The lowest BCUT2D eigenvalue weighted by Crippen LogP contribution is -2.00. The van der Waals surface area contributed by atoms with Gasteiger partial charge in [-0.3, -0.25) is 0 Å². The number of hydrogen-bond acceptors (Lipinski definition) is 1. The molecular weight excluding hydrogens is 243 g/mol. The lowest BCUT2D eigenvalue weighted by Gasteiger charge is -2.00. The van der Waals surface area contributed by atoms with Crippen molar-refractivity contribution >= 4 is 34.1 Å². The van der Waals surface area contributed by atoms with Gasteiger partial charge in [-0.25, -0.2) is 0 Å². The summed E-state index contributed by atoms with van der Waals surface area (Å²) in [6, 6.07) is 3.71. The molecule has 2 aromatic rings. The van der Waals surface area contributed by atoms with Crippen LogP contribution in [0.25, 0.3) is 10.9 Å². The van der Waals surface area contributed by atoms with E-state index in [9.17, 15) is 0 Å². The van der Waals surface area contributed by atoms with Crippen LogP contribution in [-0.2, 0) is 6.42 Å². The Labute approximate surface area is 105 Å². The molecule has 1 aromatic heterocycles. The van der Waals surface area contributed by atoms with Crippen molar-refractivity contribution in [2.75, 3.05) is 6.54 Å². The number of rotatable bonds is 3. The Balaban J connectivity index is 2.59. The first-order valence-corrected chi connectivity index (χ1v) is 6.05. The van der Waals surface area contributed by atoms with Gasteiger partial charge in [0.2, 0.25) is 0 Å². The molecule has 0 unspecified atom stereocenters. The molecule has 4 heteroatoms. The Hall–Kier alpha value is -0.700. The van der Waals surface area contributed by atoms with E-state index in [1.807, 2.05) is 6.07 Å². The van der Waals surface area contributed by atoms with Crippen LogP contribution in [0.5, 0.6) is 0 Å². The second-order valence-corrected chi connectivity index (χ2v) is 4.77. The van der Waals surface area contributed by atoms with Crippen molar-refractivity contribution in [3.8, 4) is 0 Å². The Morgan fingerprint density at radius 1 is 1.31 bits per heavy atom. The molecule has 1 heterocycles. The van der Waals surface area contributed by atoms with Gasteiger partial charge in [-0.1, -0.05) is 23.2 Å². The molecule has 0 saturated carbocycles. The first-order chi connectivity index (χ1) is 7.63. The largest absolute Gasteiger partial charge is 0.357 e. The number of halogens is 2. The highest BCUT2D eigenvalue weighted by molar-refractivity contribution is 6.38. The predicted octanol–water partition coefficient (Wildman–Crippen LogP) is 3.67. The summed E-state index contributed by atoms with van der Waals surface area (Å²) in [6.07, 6.45) is 1.93. The molecule has 0 aliphatic carbocycles. The van der Waals surface area contributed by atoms with Crippen molar-refractivity contribution in [3.05, 3.63) is 33.4 Å². The summed E-state index contributed by atoms with van der Waals surface area (Å²) >= 11 is 12.2. The predicted molar refractivity (Wildman–Crippen MR) is 70.4 cm³/mol. The van der Waals surface area contributed by atoms with Gasteiger partial charge in [0.15, 0.2) is 0 Å². The molecule has 2 nitrogen and oxygen atoms in total. The van der Waals surface area contributed by atoms with Crippen LogP contribution < -0.4 is 5.73 Å². The van der Waals surface area contributed by atoms with Crippen molar-refractivity contribution in [1.82, 2.24) is 4.98 Å². The fraction of sp³-hybridized carbons (Fsp3) is 0.333. The summed E-state index contributed by atoms with van der Waals surface area (Å²) in [7, 11) is 0. The average molecular weight is 257 g/mol. The van der Waals surface area contributed by atoms with Gasteiger partial charge in [-0.15, -0.1) is 0 Å². The Morgan fingerprint density at radius 3 is 2.75 bits per heavy atom. The van der Waals surface area contributed by atoms with Gasteiger partial charge >= 0.3 is 0 Å². The standard InChI is InChI=1S/C12H14Cl2N2/c1-7-9(3-2-4-15)10-5-8(13)6-11(14)12(10)16-7/h5-6,16H,2-4,15H2,1H3. The number of nitrogens with one attached hydrogen (secondary N) is 1. The maximum absolute atomic E-state index is 6.14. The maximum atomic E-state index is 6.14. The Kier molecular flexibility index (Phi) is 3.43. The topological polar surface area (TPSA) is 41.8 Å². The van der Waals surface area contributed by atoms with E-state index in [-0.39, 0.29) is 0 Å². The molecule has 0 atom stereocenters. The monoisotopic (exact) mass is 256 g/mol. The molecule has 0 fully saturated rings. The molecular formula is C12H14Cl2N2. The normalized spacial score (nSPS) is 11.2. The van der Waals surface area contributed by atoms with Crippen molar-refractivity contribution in [3.63, 3.8) is 0 Å². The number of fused-ring (bicyclic) bond motifs is 1. The van der Waals surface area contributed by atoms with Gasteiger partial charge < -0.3 is 10.7 Å². The number of aromatic amines is 1. The van der Waals surface area contributed by atoms with E-state index < -0.39 is 0 Å². The Bertz CT molecular complexity index is 517. The van der Waals surface area contributed by atoms with Crippen molar-refractivity contribution in [2.45, 2.75) is 19.8 Å². The molecule has 2 rings (SSSR count). The van der Waals surface area contributed by atoms with Crippen LogP contribution >= 0.6 is 23.2 Å². The molecule has 0 aliphatic heterocycles. The van der Waals surface area contributed by atoms with E-state index >= 15 is 0 Å². The molecule has 0 radical (unpaired) electrons. The molecule has 0 bridgehead atoms. The smallest absolute Gasteiger partial charge is 0.0662 e.